The minimum atomic E-state index is -0.181. The Kier molecular flexibility index (Phi) is 4.75. The van der Waals surface area contributed by atoms with Gasteiger partial charge in [0.05, 0.1) is 12.6 Å². The summed E-state index contributed by atoms with van der Waals surface area (Å²) in [6.07, 6.45) is 5.16. The third-order valence-corrected chi connectivity index (χ3v) is 5.41. The first kappa shape index (κ1) is 15.8. The summed E-state index contributed by atoms with van der Waals surface area (Å²) in [4.78, 5) is 16.9. The van der Waals surface area contributed by atoms with Crippen molar-refractivity contribution in [1.82, 2.24) is 9.80 Å². The molecular formula is C16H30N2O2. The molecule has 1 amide bonds. The largest absolute Gasteiger partial charge is 0.394 e. The Morgan fingerprint density at radius 1 is 1.45 bits per heavy atom. The number of rotatable bonds is 4. The van der Waals surface area contributed by atoms with Crippen LogP contribution < -0.4 is 0 Å². The van der Waals surface area contributed by atoms with E-state index in [9.17, 15) is 9.90 Å². The highest BCUT2D eigenvalue weighted by Gasteiger charge is 2.46. The van der Waals surface area contributed by atoms with Crippen molar-refractivity contribution in [2.75, 3.05) is 20.2 Å². The third-order valence-electron chi connectivity index (χ3n) is 5.41. The molecule has 3 atom stereocenters. The van der Waals surface area contributed by atoms with Crippen LogP contribution >= 0.6 is 0 Å². The Labute approximate surface area is 123 Å². The number of hydrogen-bond donors (Lipinski definition) is 1. The summed E-state index contributed by atoms with van der Waals surface area (Å²) in [6.45, 7) is 7.45. The lowest BCUT2D eigenvalue weighted by atomic mass is 9.90. The summed E-state index contributed by atoms with van der Waals surface area (Å²) in [5.41, 5.74) is -0.181. The smallest absolute Gasteiger partial charge is 0.240 e. The normalized spacial score (nSPS) is 35.4. The van der Waals surface area contributed by atoms with Crippen molar-refractivity contribution in [3.8, 4) is 0 Å². The first-order valence-electron chi connectivity index (χ1n) is 8.05. The molecule has 2 aliphatic rings. The van der Waals surface area contributed by atoms with Crippen molar-refractivity contribution in [2.24, 2.45) is 5.92 Å². The zero-order chi connectivity index (χ0) is 14.9. The predicted octanol–water partition coefficient (Wildman–Crippen LogP) is 1.87. The molecule has 0 aromatic rings. The molecule has 4 nitrogen and oxygen atoms in total. The first-order valence-corrected chi connectivity index (χ1v) is 8.05. The number of likely N-dealkylation sites (tertiary alicyclic amines) is 1. The minimum Gasteiger partial charge on any atom is -0.394 e. The van der Waals surface area contributed by atoms with E-state index in [1.165, 1.54) is 0 Å². The Morgan fingerprint density at radius 2 is 2.15 bits per heavy atom. The van der Waals surface area contributed by atoms with Crippen LogP contribution in [-0.2, 0) is 4.79 Å². The molecule has 1 N–H and O–H groups in total. The van der Waals surface area contributed by atoms with Gasteiger partial charge in [0.25, 0.3) is 0 Å². The summed E-state index contributed by atoms with van der Waals surface area (Å²) in [5, 5.41) is 9.93. The molecule has 1 aliphatic heterocycles. The van der Waals surface area contributed by atoms with Gasteiger partial charge in [-0.2, -0.15) is 0 Å². The maximum Gasteiger partial charge on any atom is 0.240 e. The highest BCUT2D eigenvalue weighted by molar-refractivity contribution is 5.83. The highest BCUT2D eigenvalue weighted by atomic mass is 16.3. The molecule has 1 heterocycles. The van der Waals surface area contributed by atoms with Gasteiger partial charge in [-0.3, -0.25) is 9.69 Å². The summed E-state index contributed by atoms with van der Waals surface area (Å²) in [6, 6.07) is 0.217. The number of amides is 1. The Bertz CT molecular complexity index is 358. The monoisotopic (exact) mass is 282 g/mol. The molecule has 116 valence electrons. The number of hydrogen-bond acceptors (Lipinski definition) is 3. The van der Waals surface area contributed by atoms with Crippen LogP contribution in [0.3, 0.4) is 0 Å². The number of carbonyl (C=O) groups is 1. The van der Waals surface area contributed by atoms with Gasteiger partial charge in [-0.25, -0.2) is 0 Å². The SMILES string of the molecule is CC(C)N1CCC[C@@H](N(C)[C@@]2(CO)CC[C@@H](C)C2)C1=O. The summed E-state index contributed by atoms with van der Waals surface area (Å²) < 4.78 is 0. The van der Waals surface area contributed by atoms with Crippen molar-refractivity contribution in [3.63, 3.8) is 0 Å². The van der Waals surface area contributed by atoms with Crippen molar-refractivity contribution in [3.05, 3.63) is 0 Å². The van der Waals surface area contributed by atoms with E-state index in [0.717, 1.165) is 38.6 Å². The van der Waals surface area contributed by atoms with Gasteiger partial charge >= 0.3 is 0 Å². The second-order valence-electron chi connectivity index (χ2n) is 7.12. The summed E-state index contributed by atoms with van der Waals surface area (Å²) >= 11 is 0. The number of piperidine rings is 1. The average molecular weight is 282 g/mol. The van der Waals surface area contributed by atoms with Gasteiger partial charge in [-0.05, 0) is 58.9 Å². The van der Waals surface area contributed by atoms with E-state index < -0.39 is 0 Å². The molecule has 2 rings (SSSR count). The van der Waals surface area contributed by atoms with Crippen LogP contribution in [0.1, 0.15) is 52.9 Å². The summed E-state index contributed by atoms with van der Waals surface area (Å²) in [7, 11) is 2.04. The van der Waals surface area contributed by atoms with Crippen LogP contribution in [0.5, 0.6) is 0 Å². The molecule has 0 aromatic heterocycles. The fourth-order valence-corrected chi connectivity index (χ4v) is 4.03. The van der Waals surface area contributed by atoms with Gasteiger partial charge < -0.3 is 10.0 Å². The second-order valence-corrected chi connectivity index (χ2v) is 7.12. The van der Waals surface area contributed by atoms with E-state index in [1.54, 1.807) is 0 Å². The highest BCUT2D eigenvalue weighted by Crippen LogP contribution is 2.40. The molecule has 1 saturated carbocycles. The molecular weight excluding hydrogens is 252 g/mol. The molecule has 1 aliphatic carbocycles. The van der Waals surface area contributed by atoms with E-state index in [2.05, 4.69) is 25.7 Å². The van der Waals surface area contributed by atoms with Crippen LogP contribution in [0.4, 0.5) is 0 Å². The summed E-state index contributed by atoms with van der Waals surface area (Å²) in [5.74, 6) is 0.894. The predicted molar refractivity (Wildman–Crippen MR) is 80.5 cm³/mol. The van der Waals surface area contributed by atoms with E-state index in [-0.39, 0.29) is 30.1 Å². The lowest BCUT2D eigenvalue weighted by molar-refractivity contribution is -0.145. The van der Waals surface area contributed by atoms with Crippen molar-refractivity contribution in [1.29, 1.82) is 0 Å². The van der Waals surface area contributed by atoms with Gasteiger partial charge in [0.1, 0.15) is 0 Å². The van der Waals surface area contributed by atoms with Crippen molar-refractivity contribution < 1.29 is 9.90 Å². The van der Waals surface area contributed by atoms with Crippen LogP contribution in [0.25, 0.3) is 0 Å². The fraction of sp³-hybridized carbons (Fsp3) is 0.938. The quantitative estimate of drug-likeness (QED) is 0.856. The first-order chi connectivity index (χ1) is 9.41. The number of carbonyl (C=O) groups excluding carboxylic acids is 1. The molecule has 0 unspecified atom stereocenters. The number of likely N-dealkylation sites (N-methyl/N-ethyl adjacent to an activating group) is 1. The van der Waals surface area contributed by atoms with Gasteiger partial charge in [-0.1, -0.05) is 6.92 Å². The van der Waals surface area contributed by atoms with E-state index in [4.69, 9.17) is 0 Å². The third kappa shape index (κ3) is 2.73. The topological polar surface area (TPSA) is 43.8 Å². The average Bonchev–Trinajstić information content (AvgIpc) is 2.81. The maximum absolute atomic E-state index is 12.7. The molecule has 0 spiro atoms. The van der Waals surface area contributed by atoms with Gasteiger partial charge in [-0.15, -0.1) is 0 Å². The van der Waals surface area contributed by atoms with Crippen LogP contribution in [0, 0.1) is 5.92 Å². The lowest BCUT2D eigenvalue weighted by Crippen LogP contribution is -2.60. The number of aliphatic hydroxyl groups is 1. The van der Waals surface area contributed by atoms with E-state index in [0.29, 0.717) is 5.92 Å². The van der Waals surface area contributed by atoms with E-state index in [1.807, 2.05) is 11.9 Å². The van der Waals surface area contributed by atoms with E-state index >= 15 is 0 Å². The van der Waals surface area contributed by atoms with Gasteiger partial charge in [0.2, 0.25) is 5.91 Å². The molecule has 0 bridgehead atoms. The molecule has 4 heteroatoms. The van der Waals surface area contributed by atoms with Gasteiger partial charge in [0, 0.05) is 18.1 Å². The molecule has 20 heavy (non-hydrogen) atoms. The maximum atomic E-state index is 12.7. The van der Waals surface area contributed by atoms with Crippen molar-refractivity contribution >= 4 is 5.91 Å². The van der Waals surface area contributed by atoms with Crippen LogP contribution in [0.2, 0.25) is 0 Å². The van der Waals surface area contributed by atoms with Crippen LogP contribution in [-0.4, -0.2) is 58.6 Å². The molecule has 2 fully saturated rings. The van der Waals surface area contributed by atoms with Crippen LogP contribution in [0.15, 0.2) is 0 Å². The second kappa shape index (κ2) is 6.02. The lowest BCUT2D eigenvalue weighted by Gasteiger charge is -2.46. The Hall–Kier alpha value is -0.610. The van der Waals surface area contributed by atoms with Crippen molar-refractivity contribution in [2.45, 2.75) is 70.5 Å². The van der Waals surface area contributed by atoms with Gasteiger partial charge in [0.15, 0.2) is 0 Å². The molecule has 0 aromatic carbocycles. The zero-order valence-corrected chi connectivity index (χ0v) is 13.4. The minimum absolute atomic E-state index is 0.0522. The fourth-order valence-electron chi connectivity index (χ4n) is 4.03. The Balaban J connectivity index is 2.15. The standard InChI is InChI=1S/C16H30N2O2/c1-12(2)18-9-5-6-14(15(18)20)17(4)16(11-19)8-7-13(3)10-16/h12-14,19H,5-11H2,1-4H3/t13-,14-,16+/m1/s1. The number of aliphatic hydroxyl groups excluding tert-OH is 1. The molecule has 1 saturated heterocycles. The molecule has 0 radical (unpaired) electrons. The number of nitrogens with zero attached hydrogens (tertiary/aromatic N) is 2. The Morgan fingerprint density at radius 3 is 2.65 bits per heavy atom. The zero-order valence-electron chi connectivity index (χ0n) is 13.4.